The average Bonchev–Trinajstić information content (AvgIpc) is 2.53. The molecule has 2 aromatic rings. The Morgan fingerprint density at radius 2 is 1.58 bits per heavy atom. The molecule has 2 aromatic carbocycles. The Labute approximate surface area is 110 Å². The van der Waals surface area contributed by atoms with Crippen molar-refractivity contribution in [2.45, 2.75) is 0 Å². The molecule has 1 aliphatic heterocycles. The second kappa shape index (κ2) is 4.17. The predicted octanol–water partition coefficient (Wildman–Crippen LogP) is 2.67. The molecule has 0 saturated heterocycles. The number of nitrogens with zero attached hydrogens (tertiary/aromatic N) is 1. The number of rotatable bonds is 0. The van der Waals surface area contributed by atoms with Gasteiger partial charge in [0.2, 0.25) is 0 Å². The predicted molar refractivity (Wildman–Crippen MR) is 76.7 cm³/mol. The van der Waals surface area contributed by atoms with E-state index in [0.29, 0.717) is 11.4 Å². The number of hydrogen-bond donors (Lipinski definition) is 2. The van der Waals surface area contributed by atoms with Gasteiger partial charge in [0.05, 0.1) is 11.4 Å². The van der Waals surface area contributed by atoms with Crippen LogP contribution in [0.4, 0.5) is 16.2 Å². The van der Waals surface area contributed by atoms with E-state index >= 15 is 0 Å². The number of hydrogen-bond acceptors (Lipinski definition) is 2. The Morgan fingerprint density at radius 3 is 2.32 bits per heavy atom. The summed E-state index contributed by atoms with van der Waals surface area (Å²) < 4.78 is 0. The minimum absolute atomic E-state index is 0.525. The molecule has 0 radical (unpaired) electrons. The molecule has 4 N–H and O–H groups in total. The standard InChI is InChI=1S/C15H13N3O/c16-12-9-10-5-1-3-7-13(10)18(15(17)19)14-8-4-2-6-11(12)14/h1-9H,16H2,(H2,17,19). The number of amides is 2. The first kappa shape index (κ1) is 11.3. The maximum Gasteiger partial charge on any atom is 0.323 e. The van der Waals surface area contributed by atoms with Crippen LogP contribution in [0.25, 0.3) is 11.8 Å². The summed E-state index contributed by atoms with van der Waals surface area (Å²) in [4.78, 5) is 13.3. The van der Waals surface area contributed by atoms with Gasteiger partial charge in [-0.05, 0) is 18.2 Å². The Bertz CT molecular complexity index is 691. The maximum atomic E-state index is 11.8. The van der Waals surface area contributed by atoms with Gasteiger partial charge in [-0.15, -0.1) is 0 Å². The molecule has 19 heavy (non-hydrogen) atoms. The molecular weight excluding hydrogens is 238 g/mol. The Kier molecular flexibility index (Phi) is 2.49. The number of nitrogens with two attached hydrogens (primary N) is 2. The van der Waals surface area contributed by atoms with Crippen LogP contribution in [0, 0.1) is 0 Å². The number of primary amides is 1. The van der Waals surface area contributed by atoms with Crippen molar-refractivity contribution in [3.63, 3.8) is 0 Å². The zero-order chi connectivity index (χ0) is 13.4. The van der Waals surface area contributed by atoms with E-state index in [-0.39, 0.29) is 0 Å². The molecule has 94 valence electrons. The summed E-state index contributed by atoms with van der Waals surface area (Å²) in [6.45, 7) is 0. The lowest BCUT2D eigenvalue weighted by Crippen LogP contribution is -2.32. The van der Waals surface area contributed by atoms with Gasteiger partial charge >= 0.3 is 6.03 Å². The van der Waals surface area contributed by atoms with E-state index in [0.717, 1.165) is 16.8 Å². The maximum absolute atomic E-state index is 11.8. The van der Waals surface area contributed by atoms with Crippen molar-refractivity contribution in [1.82, 2.24) is 0 Å². The normalized spacial score (nSPS) is 13.1. The third-order valence-electron chi connectivity index (χ3n) is 3.17. The molecule has 0 aliphatic carbocycles. The first-order valence-electron chi connectivity index (χ1n) is 5.93. The highest BCUT2D eigenvalue weighted by atomic mass is 16.2. The molecule has 0 unspecified atom stereocenters. The number of urea groups is 1. The summed E-state index contributed by atoms with van der Waals surface area (Å²) in [5.74, 6) is 0. The molecule has 0 bridgehead atoms. The van der Waals surface area contributed by atoms with Crippen molar-refractivity contribution in [2.24, 2.45) is 11.5 Å². The van der Waals surface area contributed by atoms with Gasteiger partial charge in [-0.1, -0.05) is 36.4 Å². The van der Waals surface area contributed by atoms with E-state index in [2.05, 4.69) is 0 Å². The quantitative estimate of drug-likeness (QED) is 0.755. The van der Waals surface area contributed by atoms with E-state index in [1.807, 2.05) is 54.6 Å². The van der Waals surface area contributed by atoms with Crippen LogP contribution in [0.1, 0.15) is 11.1 Å². The van der Waals surface area contributed by atoms with E-state index in [1.54, 1.807) is 0 Å². The highest BCUT2D eigenvalue weighted by Gasteiger charge is 2.23. The second-order valence-electron chi connectivity index (χ2n) is 4.35. The molecule has 1 heterocycles. The third kappa shape index (κ3) is 1.74. The van der Waals surface area contributed by atoms with Gasteiger partial charge in [0.25, 0.3) is 0 Å². The number of benzene rings is 2. The van der Waals surface area contributed by atoms with Crippen LogP contribution < -0.4 is 16.4 Å². The first-order valence-corrected chi connectivity index (χ1v) is 5.93. The summed E-state index contributed by atoms with van der Waals surface area (Å²) in [6.07, 6.45) is 1.86. The molecule has 4 nitrogen and oxygen atoms in total. The fraction of sp³-hybridized carbons (Fsp3) is 0. The molecule has 0 saturated carbocycles. The Hall–Kier alpha value is -2.75. The van der Waals surface area contributed by atoms with Crippen LogP contribution in [0.3, 0.4) is 0 Å². The molecule has 0 aromatic heterocycles. The fourth-order valence-corrected chi connectivity index (χ4v) is 2.34. The summed E-state index contributed by atoms with van der Waals surface area (Å²) in [7, 11) is 0. The van der Waals surface area contributed by atoms with E-state index in [9.17, 15) is 4.79 Å². The number of fused-ring (bicyclic) bond motifs is 2. The Balaban J connectivity index is 2.36. The highest BCUT2D eigenvalue weighted by molar-refractivity contribution is 6.06. The smallest absolute Gasteiger partial charge is 0.323 e. The molecule has 4 heteroatoms. The largest absolute Gasteiger partial charge is 0.398 e. The molecule has 0 atom stereocenters. The number of para-hydroxylation sites is 2. The van der Waals surface area contributed by atoms with Crippen LogP contribution >= 0.6 is 0 Å². The van der Waals surface area contributed by atoms with Gasteiger partial charge in [-0.2, -0.15) is 0 Å². The number of anilines is 2. The monoisotopic (exact) mass is 251 g/mol. The van der Waals surface area contributed by atoms with Gasteiger partial charge in [-0.25, -0.2) is 4.79 Å². The lowest BCUT2D eigenvalue weighted by molar-refractivity contribution is 0.256. The summed E-state index contributed by atoms with van der Waals surface area (Å²) in [6, 6.07) is 14.5. The zero-order valence-electron chi connectivity index (χ0n) is 10.2. The van der Waals surface area contributed by atoms with Crippen LogP contribution in [0.15, 0.2) is 48.5 Å². The number of carbonyl (C=O) groups excluding carboxylic acids is 1. The summed E-state index contributed by atoms with van der Waals surface area (Å²) in [5.41, 5.74) is 15.4. The third-order valence-corrected chi connectivity index (χ3v) is 3.17. The van der Waals surface area contributed by atoms with Crippen molar-refractivity contribution in [2.75, 3.05) is 4.90 Å². The van der Waals surface area contributed by atoms with Crippen LogP contribution in [-0.2, 0) is 0 Å². The van der Waals surface area contributed by atoms with Crippen LogP contribution in [0.5, 0.6) is 0 Å². The minimum Gasteiger partial charge on any atom is -0.398 e. The van der Waals surface area contributed by atoms with Gasteiger partial charge in [-0.3, -0.25) is 4.90 Å². The van der Waals surface area contributed by atoms with Crippen molar-refractivity contribution >= 4 is 29.2 Å². The SMILES string of the molecule is NC(=O)N1c2ccccc2C=C(N)c2ccccc21. The van der Waals surface area contributed by atoms with Gasteiger partial charge in [0, 0.05) is 16.8 Å². The molecule has 0 spiro atoms. The van der Waals surface area contributed by atoms with Crippen molar-refractivity contribution in [3.05, 3.63) is 59.7 Å². The molecule has 0 fully saturated rings. The fourth-order valence-electron chi connectivity index (χ4n) is 2.34. The second-order valence-corrected chi connectivity index (χ2v) is 4.35. The highest BCUT2D eigenvalue weighted by Crippen LogP contribution is 2.37. The van der Waals surface area contributed by atoms with Crippen molar-refractivity contribution < 1.29 is 4.79 Å². The van der Waals surface area contributed by atoms with E-state index in [4.69, 9.17) is 11.5 Å². The average molecular weight is 251 g/mol. The zero-order valence-corrected chi connectivity index (χ0v) is 10.2. The van der Waals surface area contributed by atoms with Gasteiger partial charge < -0.3 is 11.5 Å². The van der Waals surface area contributed by atoms with E-state index < -0.39 is 6.03 Å². The lowest BCUT2D eigenvalue weighted by Gasteiger charge is -2.22. The van der Waals surface area contributed by atoms with Gasteiger partial charge in [0.15, 0.2) is 0 Å². The summed E-state index contributed by atoms with van der Waals surface area (Å²) in [5, 5.41) is 0. The van der Waals surface area contributed by atoms with Crippen LogP contribution in [-0.4, -0.2) is 6.03 Å². The first-order chi connectivity index (χ1) is 9.18. The molecule has 2 amide bonds. The minimum atomic E-state index is -0.525. The molecular formula is C15H13N3O. The van der Waals surface area contributed by atoms with Crippen molar-refractivity contribution in [1.29, 1.82) is 0 Å². The Morgan fingerprint density at radius 1 is 0.947 bits per heavy atom. The lowest BCUT2D eigenvalue weighted by atomic mass is 10.1. The summed E-state index contributed by atoms with van der Waals surface area (Å²) >= 11 is 0. The van der Waals surface area contributed by atoms with Gasteiger partial charge in [0.1, 0.15) is 0 Å². The number of carbonyl (C=O) groups is 1. The van der Waals surface area contributed by atoms with Crippen molar-refractivity contribution in [3.8, 4) is 0 Å². The topological polar surface area (TPSA) is 72.4 Å². The molecule has 3 rings (SSSR count). The molecule has 1 aliphatic rings. The van der Waals surface area contributed by atoms with E-state index in [1.165, 1.54) is 4.90 Å². The van der Waals surface area contributed by atoms with Crippen LogP contribution in [0.2, 0.25) is 0 Å².